The Morgan fingerprint density at radius 1 is 1.20 bits per heavy atom. The monoisotopic (exact) mass is 205 g/mol. The molecule has 2 saturated carbocycles. The van der Waals surface area contributed by atoms with E-state index < -0.39 is 0 Å². The second-order valence-corrected chi connectivity index (χ2v) is 5.17. The topological polar surface area (TPSA) is 26.0 Å². The van der Waals surface area contributed by atoms with Crippen molar-refractivity contribution in [3.8, 4) is 0 Å². The van der Waals surface area contributed by atoms with Crippen molar-refractivity contribution in [3.63, 3.8) is 0 Å². The fraction of sp³-hybridized carbons (Fsp3) is 0.538. The fourth-order valence-corrected chi connectivity index (χ4v) is 2.79. The Morgan fingerprint density at radius 2 is 1.87 bits per heavy atom. The van der Waals surface area contributed by atoms with Gasteiger partial charge in [-0.1, -0.05) is 18.2 Å². The maximum absolute atomic E-state index is 14.0. The number of hydrogen-bond acceptors (Lipinski definition) is 1. The fourth-order valence-electron chi connectivity index (χ4n) is 2.79. The molecule has 0 radical (unpaired) electrons. The number of nitrogens with two attached hydrogens (primary N) is 1. The average Bonchev–Trinajstić information content (AvgIpc) is 3.06. The summed E-state index contributed by atoms with van der Waals surface area (Å²) in [5.41, 5.74) is 7.75. The van der Waals surface area contributed by atoms with E-state index in [1.165, 1.54) is 0 Å². The second-order valence-electron chi connectivity index (χ2n) is 5.17. The molecule has 0 bridgehead atoms. The predicted octanol–water partition coefficient (Wildman–Crippen LogP) is 2.66. The standard InChI is InChI=1S/C13H16FN/c1-9-3-2-4-10(11(9)14)12(5-6-12)13(15)7-8-13/h2-4H,5-8,15H2,1H3. The highest BCUT2D eigenvalue weighted by molar-refractivity contribution is 5.43. The van der Waals surface area contributed by atoms with Crippen molar-refractivity contribution in [2.45, 2.75) is 43.6 Å². The van der Waals surface area contributed by atoms with Gasteiger partial charge in [-0.2, -0.15) is 0 Å². The molecule has 80 valence electrons. The van der Waals surface area contributed by atoms with Gasteiger partial charge < -0.3 is 5.73 Å². The molecule has 0 aliphatic heterocycles. The molecule has 1 nitrogen and oxygen atoms in total. The molecule has 3 rings (SSSR count). The van der Waals surface area contributed by atoms with Gasteiger partial charge in [-0.3, -0.25) is 0 Å². The summed E-state index contributed by atoms with van der Waals surface area (Å²) in [6, 6.07) is 5.69. The maximum atomic E-state index is 14.0. The molecule has 0 saturated heterocycles. The third kappa shape index (κ3) is 1.11. The van der Waals surface area contributed by atoms with Crippen molar-refractivity contribution < 1.29 is 4.39 Å². The van der Waals surface area contributed by atoms with Crippen LogP contribution >= 0.6 is 0 Å². The summed E-state index contributed by atoms with van der Waals surface area (Å²) >= 11 is 0. The van der Waals surface area contributed by atoms with Crippen molar-refractivity contribution in [1.29, 1.82) is 0 Å². The zero-order valence-corrected chi connectivity index (χ0v) is 9.02. The van der Waals surface area contributed by atoms with Crippen LogP contribution in [0.2, 0.25) is 0 Å². The lowest BCUT2D eigenvalue weighted by atomic mass is 9.85. The molecule has 2 fully saturated rings. The van der Waals surface area contributed by atoms with Crippen LogP contribution in [-0.4, -0.2) is 5.54 Å². The van der Waals surface area contributed by atoms with Crippen LogP contribution in [0.15, 0.2) is 18.2 Å². The van der Waals surface area contributed by atoms with Gasteiger partial charge in [-0.05, 0) is 43.7 Å². The van der Waals surface area contributed by atoms with E-state index in [2.05, 4.69) is 0 Å². The minimum atomic E-state index is -0.0956. The lowest BCUT2D eigenvalue weighted by molar-refractivity contribution is 0.471. The highest BCUT2D eigenvalue weighted by Crippen LogP contribution is 2.64. The minimum absolute atomic E-state index is 0.0247. The summed E-state index contributed by atoms with van der Waals surface area (Å²) in [6.07, 6.45) is 4.23. The van der Waals surface area contributed by atoms with Crippen LogP contribution in [0.5, 0.6) is 0 Å². The number of halogens is 1. The lowest BCUT2D eigenvalue weighted by Gasteiger charge is -2.24. The van der Waals surface area contributed by atoms with E-state index >= 15 is 0 Å². The lowest BCUT2D eigenvalue weighted by Crippen LogP contribution is -2.38. The van der Waals surface area contributed by atoms with Crippen molar-refractivity contribution >= 4 is 0 Å². The SMILES string of the molecule is Cc1cccc(C2(C3(N)CC3)CC2)c1F. The second kappa shape index (κ2) is 2.62. The zero-order chi connectivity index (χ0) is 10.7. The third-order valence-corrected chi connectivity index (χ3v) is 4.20. The maximum Gasteiger partial charge on any atom is 0.129 e. The average molecular weight is 205 g/mol. The summed E-state index contributed by atoms with van der Waals surface area (Å²) in [5.74, 6) is -0.0354. The Morgan fingerprint density at radius 3 is 2.40 bits per heavy atom. The van der Waals surface area contributed by atoms with Gasteiger partial charge in [0.15, 0.2) is 0 Å². The van der Waals surface area contributed by atoms with E-state index in [1.807, 2.05) is 25.1 Å². The normalized spacial score (nSPS) is 25.0. The predicted molar refractivity (Wildman–Crippen MR) is 58.2 cm³/mol. The van der Waals surface area contributed by atoms with Crippen molar-refractivity contribution in [2.24, 2.45) is 5.73 Å². The Hall–Kier alpha value is -0.890. The molecule has 0 unspecified atom stereocenters. The number of hydrogen-bond donors (Lipinski definition) is 1. The Labute approximate surface area is 89.5 Å². The highest BCUT2D eigenvalue weighted by Gasteiger charge is 2.64. The van der Waals surface area contributed by atoms with Crippen LogP contribution in [0, 0.1) is 12.7 Å². The molecule has 2 N–H and O–H groups in total. The molecule has 0 aromatic heterocycles. The Bertz CT molecular complexity index is 417. The van der Waals surface area contributed by atoms with E-state index in [0.29, 0.717) is 0 Å². The van der Waals surface area contributed by atoms with Gasteiger partial charge in [-0.25, -0.2) is 4.39 Å². The van der Waals surface area contributed by atoms with Gasteiger partial charge in [0, 0.05) is 11.0 Å². The van der Waals surface area contributed by atoms with Crippen LogP contribution in [0.4, 0.5) is 4.39 Å². The molecule has 2 aliphatic carbocycles. The molecular weight excluding hydrogens is 189 g/mol. The van der Waals surface area contributed by atoms with Gasteiger partial charge in [0.05, 0.1) is 0 Å². The summed E-state index contributed by atoms with van der Waals surface area (Å²) in [6.45, 7) is 1.82. The summed E-state index contributed by atoms with van der Waals surface area (Å²) in [4.78, 5) is 0. The smallest absolute Gasteiger partial charge is 0.129 e. The van der Waals surface area contributed by atoms with E-state index in [0.717, 1.165) is 36.8 Å². The Kier molecular flexibility index (Phi) is 1.63. The molecule has 0 heterocycles. The molecule has 2 heteroatoms. The largest absolute Gasteiger partial charge is 0.324 e. The van der Waals surface area contributed by atoms with E-state index in [9.17, 15) is 4.39 Å². The summed E-state index contributed by atoms with van der Waals surface area (Å²) in [7, 11) is 0. The minimum Gasteiger partial charge on any atom is -0.324 e. The van der Waals surface area contributed by atoms with Gasteiger partial charge in [0.2, 0.25) is 0 Å². The van der Waals surface area contributed by atoms with Crippen molar-refractivity contribution in [3.05, 3.63) is 35.1 Å². The van der Waals surface area contributed by atoms with Gasteiger partial charge >= 0.3 is 0 Å². The molecule has 0 amide bonds. The number of benzene rings is 1. The molecular formula is C13H16FN. The first kappa shape index (κ1) is 9.34. The summed E-state index contributed by atoms with van der Waals surface area (Å²) in [5, 5.41) is 0. The molecule has 0 spiro atoms. The number of rotatable bonds is 2. The van der Waals surface area contributed by atoms with Crippen LogP contribution in [0.3, 0.4) is 0 Å². The van der Waals surface area contributed by atoms with Crippen molar-refractivity contribution in [2.75, 3.05) is 0 Å². The van der Waals surface area contributed by atoms with Gasteiger partial charge in [0.1, 0.15) is 5.82 Å². The third-order valence-electron chi connectivity index (χ3n) is 4.20. The first-order valence-corrected chi connectivity index (χ1v) is 5.64. The van der Waals surface area contributed by atoms with Gasteiger partial charge in [0.25, 0.3) is 0 Å². The Balaban J connectivity index is 2.10. The quantitative estimate of drug-likeness (QED) is 0.789. The van der Waals surface area contributed by atoms with Crippen LogP contribution < -0.4 is 5.73 Å². The molecule has 15 heavy (non-hydrogen) atoms. The van der Waals surface area contributed by atoms with Crippen LogP contribution in [0.1, 0.15) is 36.8 Å². The number of aryl methyl sites for hydroxylation is 1. The highest BCUT2D eigenvalue weighted by atomic mass is 19.1. The van der Waals surface area contributed by atoms with E-state index in [-0.39, 0.29) is 16.8 Å². The molecule has 2 aliphatic rings. The van der Waals surface area contributed by atoms with Crippen molar-refractivity contribution in [1.82, 2.24) is 0 Å². The van der Waals surface area contributed by atoms with Crippen LogP contribution in [-0.2, 0) is 5.41 Å². The van der Waals surface area contributed by atoms with E-state index in [1.54, 1.807) is 0 Å². The first-order valence-electron chi connectivity index (χ1n) is 5.64. The first-order chi connectivity index (χ1) is 7.09. The molecule has 1 aromatic carbocycles. The van der Waals surface area contributed by atoms with Crippen LogP contribution in [0.25, 0.3) is 0 Å². The molecule has 0 atom stereocenters. The molecule has 1 aromatic rings. The summed E-state index contributed by atoms with van der Waals surface area (Å²) < 4.78 is 14.0. The van der Waals surface area contributed by atoms with E-state index in [4.69, 9.17) is 5.73 Å². The van der Waals surface area contributed by atoms with Gasteiger partial charge in [-0.15, -0.1) is 0 Å². The zero-order valence-electron chi connectivity index (χ0n) is 9.02.